The molecule has 0 fully saturated rings. The number of nitrogens with zero attached hydrogens (tertiary/aromatic N) is 1. The highest BCUT2D eigenvalue weighted by Gasteiger charge is 2.34. The number of nitrogens with two attached hydrogens (primary N) is 1. The van der Waals surface area contributed by atoms with E-state index in [1.54, 1.807) is 36.3 Å². The first-order valence-corrected chi connectivity index (χ1v) is 7.73. The van der Waals surface area contributed by atoms with Crippen molar-refractivity contribution in [2.75, 3.05) is 24.3 Å². The lowest BCUT2D eigenvalue weighted by molar-refractivity contribution is -0.126. The van der Waals surface area contributed by atoms with E-state index in [1.807, 2.05) is 24.3 Å². The molecular weight excluding hydrogens is 304 g/mol. The van der Waals surface area contributed by atoms with Gasteiger partial charge in [-0.3, -0.25) is 4.79 Å². The van der Waals surface area contributed by atoms with Gasteiger partial charge in [-0.2, -0.15) is 0 Å². The van der Waals surface area contributed by atoms with Gasteiger partial charge in [0.05, 0.1) is 12.8 Å². The number of hydrogen-bond donors (Lipinski definition) is 1. The van der Waals surface area contributed by atoms with Crippen LogP contribution in [0, 0.1) is 0 Å². The second-order valence-electron chi connectivity index (χ2n) is 5.62. The fourth-order valence-corrected chi connectivity index (χ4v) is 2.76. The van der Waals surface area contributed by atoms with Gasteiger partial charge in [0.1, 0.15) is 11.5 Å². The number of nitrogen functional groups attached to an aromatic ring is 1. The molecule has 5 heteroatoms. The van der Waals surface area contributed by atoms with Crippen LogP contribution in [0.3, 0.4) is 0 Å². The van der Waals surface area contributed by atoms with Crippen molar-refractivity contribution in [1.29, 1.82) is 0 Å². The van der Waals surface area contributed by atoms with Gasteiger partial charge in [0.2, 0.25) is 0 Å². The van der Waals surface area contributed by atoms with Crippen LogP contribution in [-0.4, -0.2) is 25.7 Å². The number of fused-ring (bicyclic) bond motifs is 1. The summed E-state index contributed by atoms with van der Waals surface area (Å²) in [6, 6.07) is 12.9. The normalized spacial score (nSPS) is 16.3. The van der Waals surface area contributed by atoms with Crippen molar-refractivity contribution in [2.24, 2.45) is 0 Å². The Morgan fingerprint density at radius 2 is 2.04 bits per heavy atom. The molecule has 1 aliphatic rings. The zero-order valence-corrected chi connectivity index (χ0v) is 13.6. The molecule has 1 atom stereocenters. The summed E-state index contributed by atoms with van der Waals surface area (Å²) in [5, 5.41) is 0. The van der Waals surface area contributed by atoms with Crippen molar-refractivity contribution in [3.05, 3.63) is 60.7 Å². The number of amides is 1. The fraction of sp³-hybridized carbons (Fsp3) is 0.211. The summed E-state index contributed by atoms with van der Waals surface area (Å²) in [6.45, 7) is 4.15. The molecule has 0 spiro atoms. The third-order valence-electron chi connectivity index (χ3n) is 3.98. The summed E-state index contributed by atoms with van der Waals surface area (Å²) < 4.78 is 11.1. The van der Waals surface area contributed by atoms with Gasteiger partial charge in [-0.05, 0) is 35.9 Å². The first-order chi connectivity index (χ1) is 11.6. The topological polar surface area (TPSA) is 64.8 Å². The zero-order chi connectivity index (χ0) is 17.1. The van der Waals surface area contributed by atoms with Crippen LogP contribution >= 0.6 is 0 Å². The molecule has 24 heavy (non-hydrogen) atoms. The summed E-state index contributed by atoms with van der Waals surface area (Å²) in [5.41, 5.74) is 8.12. The Bertz CT molecular complexity index is 756. The van der Waals surface area contributed by atoms with E-state index < -0.39 is 6.10 Å². The number of benzene rings is 2. The lowest BCUT2D eigenvalue weighted by Gasteiger charge is -2.34. The van der Waals surface area contributed by atoms with Crippen LogP contribution in [-0.2, 0) is 11.2 Å². The minimum Gasteiger partial charge on any atom is -0.497 e. The summed E-state index contributed by atoms with van der Waals surface area (Å²) in [4.78, 5) is 14.5. The molecule has 1 aliphatic heterocycles. The molecule has 0 radical (unpaired) electrons. The highest BCUT2D eigenvalue weighted by atomic mass is 16.5. The van der Waals surface area contributed by atoms with Crippen LogP contribution in [0.2, 0.25) is 0 Å². The van der Waals surface area contributed by atoms with Gasteiger partial charge in [0.25, 0.3) is 5.91 Å². The van der Waals surface area contributed by atoms with Crippen LogP contribution in [0.15, 0.2) is 55.1 Å². The third-order valence-corrected chi connectivity index (χ3v) is 3.98. The molecule has 0 saturated carbocycles. The first kappa shape index (κ1) is 15.9. The average Bonchev–Trinajstić information content (AvgIpc) is 2.60. The van der Waals surface area contributed by atoms with Crippen LogP contribution in [0.5, 0.6) is 11.5 Å². The van der Waals surface area contributed by atoms with E-state index in [2.05, 4.69) is 6.58 Å². The van der Waals surface area contributed by atoms with Crippen molar-refractivity contribution < 1.29 is 14.3 Å². The molecule has 0 aromatic heterocycles. The molecule has 0 saturated heterocycles. The molecule has 5 nitrogen and oxygen atoms in total. The van der Waals surface area contributed by atoms with Gasteiger partial charge in [0, 0.05) is 18.7 Å². The maximum absolute atomic E-state index is 12.8. The molecule has 0 aliphatic carbocycles. The van der Waals surface area contributed by atoms with E-state index in [4.69, 9.17) is 15.2 Å². The summed E-state index contributed by atoms with van der Waals surface area (Å²) in [5.74, 6) is 1.34. The van der Waals surface area contributed by atoms with E-state index in [0.717, 1.165) is 11.3 Å². The molecular formula is C19H20N2O3. The molecule has 124 valence electrons. The lowest BCUT2D eigenvalue weighted by atomic mass is 10.0. The minimum absolute atomic E-state index is 0.0937. The quantitative estimate of drug-likeness (QED) is 0.678. The molecule has 0 bridgehead atoms. The van der Waals surface area contributed by atoms with Crippen LogP contribution in [0.1, 0.15) is 5.56 Å². The standard InChI is InChI=1S/C19H20N2O3/c1-3-10-21-16-12-14(20)6-9-17(16)24-18(19(21)22)11-13-4-7-15(23-2)8-5-13/h3-9,12,18H,1,10-11,20H2,2H3. The molecule has 2 N–H and O–H groups in total. The Balaban J connectivity index is 1.87. The SMILES string of the molecule is C=CCN1C(=O)C(Cc2ccc(OC)cc2)Oc2ccc(N)cc21. The van der Waals surface area contributed by atoms with Crippen molar-refractivity contribution in [3.8, 4) is 11.5 Å². The minimum atomic E-state index is -0.575. The van der Waals surface area contributed by atoms with Gasteiger partial charge in [-0.25, -0.2) is 0 Å². The highest BCUT2D eigenvalue weighted by molar-refractivity contribution is 6.00. The number of carbonyl (C=O) groups excluding carboxylic acids is 1. The maximum Gasteiger partial charge on any atom is 0.268 e. The van der Waals surface area contributed by atoms with Crippen LogP contribution in [0.25, 0.3) is 0 Å². The second-order valence-corrected chi connectivity index (χ2v) is 5.62. The zero-order valence-electron chi connectivity index (χ0n) is 13.6. The Labute approximate surface area is 141 Å². The number of hydrogen-bond acceptors (Lipinski definition) is 4. The monoisotopic (exact) mass is 324 g/mol. The number of methoxy groups -OCH3 is 1. The predicted octanol–water partition coefficient (Wildman–Crippen LogP) is 2.80. The van der Waals surface area contributed by atoms with Crippen molar-refractivity contribution in [1.82, 2.24) is 0 Å². The van der Waals surface area contributed by atoms with E-state index >= 15 is 0 Å². The molecule has 1 heterocycles. The van der Waals surface area contributed by atoms with Gasteiger partial charge in [-0.1, -0.05) is 18.2 Å². The van der Waals surface area contributed by atoms with Gasteiger partial charge in [0.15, 0.2) is 6.10 Å². The van der Waals surface area contributed by atoms with E-state index in [1.165, 1.54) is 0 Å². The van der Waals surface area contributed by atoms with Gasteiger partial charge in [-0.15, -0.1) is 6.58 Å². The fourth-order valence-electron chi connectivity index (χ4n) is 2.76. The predicted molar refractivity (Wildman–Crippen MR) is 94.5 cm³/mol. The van der Waals surface area contributed by atoms with Gasteiger partial charge < -0.3 is 20.1 Å². The van der Waals surface area contributed by atoms with Crippen molar-refractivity contribution in [2.45, 2.75) is 12.5 Å². The number of rotatable bonds is 5. The smallest absolute Gasteiger partial charge is 0.268 e. The molecule has 1 amide bonds. The first-order valence-electron chi connectivity index (χ1n) is 7.73. The number of carbonyl (C=O) groups is 1. The Morgan fingerprint density at radius 3 is 2.71 bits per heavy atom. The largest absolute Gasteiger partial charge is 0.497 e. The third kappa shape index (κ3) is 3.06. The van der Waals surface area contributed by atoms with Crippen LogP contribution in [0.4, 0.5) is 11.4 Å². The van der Waals surface area contributed by atoms with Gasteiger partial charge >= 0.3 is 0 Å². The highest BCUT2D eigenvalue weighted by Crippen LogP contribution is 2.36. The molecule has 3 rings (SSSR count). The average molecular weight is 324 g/mol. The van der Waals surface area contributed by atoms with Crippen LogP contribution < -0.4 is 20.1 Å². The number of ether oxygens (including phenoxy) is 2. The lowest BCUT2D eigenvalue weighted by Crippen LogP contribution is -2.47. The van der Waals surface area contributed by atoms with E-state index in [9.17, 15) is 4.79 Å². The van der Waals surface area contributed by atoms with E-state index in [-0.39, 0.29) is 5.91 Å². The molecule has 1 unspecified atom stereocenters. The molecule has 2 aromatic rings. The Morgan fingerprint density at radius 1 is 1.29 bits per heavy atom. The second kappa shape index (κ2) is 6.66. The van der Waals surface area contributed by atoms with Crippen molar-refractivity contribution >= 4 is 17.3 Å². The Hall–Kier alpha value is -2.95. The Kier molecular flexibility index (Phi) is 4.42. The summed E-state index contributed by atoms with van der Waals surface area (Å²) in [6.07, 6.45) is 1.61. The van der Waals surface area contributed by atoms with Crippen molar-refractivity contribution in [3.63, 3.8) is 0 Å². The molecule has 2 aromatic carbocycles. The number of anilines is 2. The summed E-state index contributed by atoms with van der Waals surface area (Å²) >= 11 is 0. The maximum atomic E-state index is 12.8. The van der Waals surface area contributed by atoms with E-state index in [0.29, 0.717) is 30.1 Å². The summed E-state index contributed by atoms with van der Waals surface area (Å²) in [7, 11) is 1.62.